The molecule has 2 aromatic heterocycles. The molecule has 0 aliphatic carbocycles. The molecule has 0 spiro atoms. The van der Waals surface area contributed by atoms with Crippen LogP contribution >= 0.6 is 0 Å². The Labute approximate surface area is 157 Å². The summed E-state index contributed by atoms with van der Waals surface area (Å²) in [4.78, 5) is 44.5. The van der Waals surface area contributed by atoms with Gasteiger partial charge in [0, 0.05) is 44.1 Å². The maximum Gasteiger partial charge on any atom is 0.253 e. The van der Waals surface area contributed by atoms with E-state index in [1.165, 1.54) is 12.2 Å². The van der Waals surface area contributed by atoms with Crippen LogP contribution in [0.15, 0.2) is 54.9 Å². The molecule has 0 atom stereocenters. The van der Waals surface area contributed by atoms with Crippen molar-refractivity contribution in [2.75, 3.05) is 13.1 Å². The van der Waals surface area contributed by atoms with Gasteiger partial charge in [-0.2, -0.15) is 0 Å². The third-order valence-electron chi connectivity index (χ3n) is 4.18. The Morgan fingerprint density at radius 3 is 2.52 bits per heavy atom. The van der Waals surface area contributed by atoms with Crippen LogP contribution in [-0.4, -0.2) is 45.7 Å². The fourth-order valence-electron chi connectivity index (χ4n) is 2.78. The van der Waals surface area contributed by atoms with Gasteiger partial charge in [-0.15, -0.1) is 0 Å². The zero-order valence-electron chi connectivity index (χ0n) is 14.8. The molecule has 1 aliphatic heterocycles. The summed E-state index contributed by atoms with van der Waals surface area (Å²) in [6, 6.07) is 9.60. The van der Waals surface area contributed by atoms with Gasteiger partial charge in [0.15, 0.2) is 0 Å². The highest BCUT2D eigenvalue weighted by Gasteiger charge is 2.22. The fraction of sp³-hybridized carbons (Fsp3) is 0.250. The smallest absolute Gasteiger partial charge is 0.253 e. The molecule has 1 N–H and O–H groups in total. The average molecular weight is 364 g/mol. The molecule has 7 nitrogen and oxygen atoms in total. The largest absolute Gasteiger partial charge is 0.354 e. The monoisotopic (exact) mass is 364 g/mol. The number of amides is 3. The Bertz CT molecular complexity index is 847. The number of pyridine rings is 2. The SMILES string of the molecule is O=C(CCCc1ccnc(-c2ccccn2)c1)NCCN1C(=O)C=CC1=O. The molecule has 0 radical (unpaired) electrons. The van der Waals surface area contributed by atoms with E-state index in [0.29, 0.717) is 12.8 Å². The van der Waals surface area contributed by atoms with Crippen molar-refractivity contribution in [3.05, 3.63) is 60.4 Å². The molecule has 3 heterocycles. The first-order valence-electron chi connectivity index (χ1n) is 8.80. The first kappa shape index (κ1) is 18.4. The molecule has 0 saturated carbocycles. The van der Waals surface area contributed by atoms with E-state index in [9.17, 15) is 14.4 Å². The minimum Gasteiger partial charge on any atom is -0.354 e. The third-order valence-corrected chi connectivity index (χ3v) is 4.18. The molecule has 138 valence electrons. The maximum absolute atomic E-state index is 11.9. The summed E-state index contributed by atoms with van der Waals surface area (Å²) in [7, 11) is 0. The standard InChI is InChI=1S/C20H20N4O3/c25-18(23-12-13-24-19(26)7-8-20(24)27)6-3-4-15-9-11-22-17(14-15)16-5-1-2-10-21-16/h1-2,5,7-11,14H,3-4,6,12-13H2,(H,23,25). The number of hydrogen-bond acceptors (Lipinski definition) is 5. The molecule has 7 heteroatoms. The van der Waals surface area contributed by atoms with E-state index in [2.05, 4.69) is 15.3 Å². The van der Waals surface area contributed by atoms with Crippen molar-refractivity contribution >= 4 is 17.7 Å². The van der Waals surface area contributed by atoms with Gasteiger partial charge in [0.2, 0.25) is 5.91 Å². The highest BCUT2D eigenvalue weighted by Crippen LogP contribution is 2.16. The summed E-state index contributed by atoms with van der Waals surface area (Å²) in [5.74, 6) is -0.771. The van der Waals surface area contributed by atoms with Crippen molar-refractivity contribution in [2.24, 2.45) is 0 Å². The number of carbonyl (C=O) groups is 3. The molecule has 3 rings (SSSR count). The summed E-state index contributed by atoms with van der Waals surface area (Å²) in [6.45, 7) is 0.450. The zero-order chi connectivity index (χ0) is 19.1. The molecule has 27 heavy (non-hydrogen) atoms. The summed E-state index contributed by atoms with van der Waals surface area (Å²) in [5, 5.41) is 2.74. The summed E-state index contributed by atoms with van der Waals surface area (Å²) in [6.07, 6.45) is 7.77. The van der Waals surface area contributed by atoms with Crippen molar-refractivity contribution in [1.82, 2.24) is 20.2 Å². The van der Waals surface area contributed by atoms with Gasteiger partial charge in [-0.3, -0.25) is 29.3 Å². The minimum atomic E-state index is -0.337. The van der Waals surface area contributed by atoms with E-state index in [4.69, 9.17) is 0 Å². The van der Waals surface area contributed by atoms with Crippen molar-refractivity contribution in [3.63, 3.8) is 0 Å². The summed E-state index contributed by atoms with van der Waals surface area (Å²) < 4.78 is 0. The average Bonchev–Trinajstić information content (AvgIpc) is 3.01. The van der Waals surface area contributed by atoms with Crippen LogP contribution in [0.25, 0.3) is 11.4 Å². The van der Waals surface area contributed by atoms with E-state index in [0.717, 1.165) is 28.3 Å². The number of hydrogen-bond donors (Lipinski definition) is 1. The van der Waals surface area contributed by atoms with Gasteiger partial charge in [0.1, 0.15) is 0 Å². The number of aryl methyl sites for hydroxylation is 1. The summed E-state index contributed by atoms with van der Waals surface area (Å²) in [5.41, 5.74) is 2.72. The van der Waals surface area contributed by atoms with Crippen LogP contribution in [0.4, 0.5) is 0 Å². The zero-order valence-corrected chi connectivity index (χ0v) is 14.8. The van der Waals surface area contributed by atoms with E-state index < -0.39 is 0 Å². The molecule has 0 fully saturated rings. The predicted octanol–water partition coefficient (Wildman–Crippen LogP) is 1.51. The quantitative estimate of drug-likeness (QED) is 0.717. The molecule has 1 aliphatic rings. The van der Waals surface area contributed by atoms with Gasteiger partial charge >= 0.3 is 0 Å². The van der Waals surface area contributed by atoms with Crippen molar-refractivity contribution in [3.8, 4) is 11.4 Å². The van der Waals surface area contributed by atoms with Crippen LogP contribution in [0.3, 0.4) is 0 Å². The molecular weight excluding hydrogens is 344 g/mol. The molecular formula is C20H20N4O3. The van der Waals surface area contributed by atoms with Crippen LogP contribution in [-0.2, 0) is 20.8 Å². The number of nitrogens with zero attached hydrogens (tertiary/aromatic N) is 3. The Morgan fingerprint density at radius 1 is 1.00 bits per heavy atom. The first-order valence-corrected chi connectivity index (χ1v) is 8.80. The third kappa shape index (κ3) is 5.07. The van der Waals surface area contributed by atoms with Gasteiger partial charge in [0.25, 0.3) is 11.8 Å². The number of nitrogens with one attached hydrogen (secondary N) is 1. The second-order valence-corrected chi connectivity index (χ2v) is 6.13. The lowest BCUT2D eigenvalue weighted by Crippen LogP contribution is -2.38. The van der Waals surface area contributed by atoms with Gasteiger partial charge in [-0.05, 0) is 42.7 Å². The van der Waals surface area contributed by atoms with Crippen molar-refractivity contribution in [2.45, 2.75) is 19.3 Å². The van der Waals surface area contributed by atoms with E-state index in [1.807, 2.05) is 30.3 Å². The molecule has 0 bridgehead atoms. The number of aromatic nitrogens is 2. The van der Waals surface area contributed by atoms with Gasteiger partial charge in [0.05, 0.1) is 11.4 Å². The number of imide groups is 1. The van der Waals surface area contributed by atoms with Crippen LogP contribution < -0.4 is 5.32 Å². The van der Waals surface area contributed by atoms with Gasteiger partial charge in [-0.25, -0.2) is 0 Å². The second-order valence-electron chi connectivity index (χ2n) is 6.13. The highest BCUT2D eigenvalue weighted by molar-refractivity contribution is 6.12. The first-order chi connectivity index (χ1) is 13.1. The lowest BCUT2D eigenvalue weighted by Gasteiger charge is -2.14. The maximum atomic E-state index is 11.9. The Balaban J connectivity index is 1.40. The fourth-order valence-corrected chi connectivity index (χ4v) is 2.78. The minimum absolute atomic E-state index is 0.0962. The van der Waals surface area contributed by atoms with Gasteiger partial charge in [-0.1, -0.05) is 6.07 Å². The predicted molar refractivity (Wildman–Crippen MR) is 99.3 cm³/mol. The van der Waals surface area contributed by atoms with Gasteiger partial charge < -0.3 is 5.32 Å². The number of rotatable bonds is 8. The highest BCUT2D eigenvalue weighted by atomic mass is 16.2. The molecule has 3 amide bonds. The lowest BCUT2D eigenvalue weighted by atomic mass is 10.1. The van der Waals surface area contributed by atoms with Crippen LogP contribution in [0.2, 0.25) is 0 Å². The topological polar surface area (TPSA) is 92.3 Å². The Morgan fingerprint density at radius 2 is 1.78 bits per heavy atom. The molecule has 2 aromatic rings. The normalized spacial score (nSPS) is 13.3. The number of carbonyl (C=O) groups excluding carboxylic acids is 3. The molecule has 0 saturated heterocycles. The Hall–Kier alpha value is -3.35. The Kier molecular flexibility index (Phi) is 6.04. The van der Waals surface area contributed by atoms with Crippen LogP contribution in [0, 0.1) is 0 Å². The second kappa shape index (κ2) is 8.84. The van der Waals surface area contributed by atoms with Crippen LogP contribution in [0.5, 0.6) is 0 Å². The van der Waals surface area contributed by atoms with Crippen LogP contribution in [0.1, 0.15) is 18.4 Å². The van der Waals surface area contributed by atoms with E-state index in [1.54, 1.807) is 12.4 Å². The van der Waals surface area contributed by atoms with E-state index in [-0.39, 0.29) is 30.8 Å². The van der Waals surface area contributed by atoms with Crippen molar-refractivity contribution in [1.29, 1.82) is 0 Å². The summed E-state index contributed by atoms with van der Waals surface area (Å²) >= 11 is 0. The lowest BCUT2D eigenvalue weighted by molar-refractivity contribution is -0.137. The van der Waals surface area contributed by atoms with E-state index >= 15 is 0 Å². The molecule has 0 unspecified atom stereocenters. The molecule has 0 aromatic carbocycles. The van der Waals surface area contributed by atoms with Crippen molar-refractivity contribution < 1.29 is 14.4 Å².